The molecule has 2 aliphatic rings. The van der Waals surface area contributed by atoms with E-state index in [1.54, 1.807) is 41.5 Å². The lowest BCUT2D eigenvalue weighted by Crippen LogP contribution is -2.65. The largest absolute Gasteiger partial charge is 0.497 e. The number of anilines is 1. The van der Waals surface area contributed by atoms with Gasteiger partial charge in [0.1, 0.15) is 18.0 Å². The van der Waals surface area contributed by atoms with Crippen LogP contribution in [0.2, 0.25) is 0 Å². The Bertz CT molecular complexity index is 1610. The van der Waals surface area contributed by atoms with Crippen molar-refractivity contribution in [3.8, 4) is 5.75 Å². The van der Waals surface area contributed by atoms with Crippen molar-refractivity contribution in [2.45, 2.75) is 31.7 Å². The Balaban J connectivity index is 1.24. The molecule has 4 heterocycles. The van der Waals surface area contributed by atoms with Crippen LogP contribution in [0.5, 0.6) is 5.75 Å². The van der Waals surface area contributed by atoms with Crippen molar-refractivity contribution >= 4 is 44.5 Å². The molecule has 42 heavy (non-hydrogen) atoms. The summed E-state index contributed by atoms with van der Waals surface area (Å²) < 4.78 is 6.14. The molecule has 218 valence electrons. The molecule has 2 atom stereocenters. The molecule has 2 aliphatic heterocycles. The molecule has 4 aromatic rings. The zero-order valence-corrected chi connectivity index (χ0v) is 24.0. The van der Waals surface area contributed by atoms with Gasteiger partial charge in [-0.15, -0.1) is 0 Å². The summed E-state index contributed by atoms with van der Waals surface area (Å²) >= 11 is 1.39. The van der Waals surface area contributed by atoms with Crippen LogP contribution in [0.4, 0.5) is 9.93 Å². The number of hydrazine groups is 1. The molecule has 6 rings (SSSR count). The first-order valence-electron chi connectivity index (χ1n) is 13.4. The molecule has 2 aromatic carbocycles. The minimum absolute atomic E-state index is 0.0318. The van der Waals surface area contributed by atoms with E-state index in [-0.39, 0.29) is 37.4 Å². The van der Waals surface area contributed by atoms with Crippen LogP contribution in [-0.4, -0.2) is 92.1 Å². The van der Waals surface area contributed by atoms with Crippen LogP contribution in [0.3, 0.4) is 0 Å². The Morgan fingerprint density at radius 1 is 1.24 bits per heavy atom. The van der Waals surface area contributed by atoms with Gasteiger partial charge in [0.05, 0.1) is 36.7 Å². The highest BCUT2D eigenvalue weighted by atomic mass is 32.1. The lowest BCUT2D eigenvalue weighted by atomic mass is 10.0. The summed E-state index contributed by atoms with van der Waals surface area (Å²) in [5.74, 6) is 0.331. The third kappa shape index (κ3) is 5.21. The number of amides is 4. The summed E-state index contributed by atoms with van der Waals surface area (Å²) in [5.41, 5.74) is 9.24. The summed E-state index contributed by atoms with van der Waals surface area (Å²) in [6, 6.07) is 12.1. The second-order valence-electron chi connectivity index (χ2n) is 10.2. The van der Waals surface area contributed by atoms with E-state index < -0.39 is 12.2 Å². The molecule has 2 aromatic heterocycles. The number of thiazole rings is 1. The number of aromatic amines is 1. The number of ether oxygens (including phenoxy) is 1. The van der Waals surface area contributed by atoms with Gasteiger partial charge in [-0.1, -0.05) is 35.6 Å². The summed E-state index contributed by atoms with van der Waals surface area (Å²) in [4.78, 5) is 55.5. The van der Waals surface area contributed by atoms with E-state index in [4.69, 9.17) is 10.5 Å². The quantitative estimate of drug-likeness (QED) is 0.281. The van der Waals surface area contributed by atoms with Gasteiger partial charge in [0.2, 0.25) is 11.8 Å². The fourth-order valence-corrected chi connectivity index (χ4v) is 6.35. The van der Waals surface area contributed by atoms with Crippen molar-refractivity contribution in [1.29, 1.82) is 0 Å². The number of H-pyrrole nitrogens is 1. The second-order valence-corrected chi connectivity index (χ2v) is 11.3. The van der Waals surface area contributed by atoms with Crippen LogP contribution in [0.15, 0.2) is 55.0 Å². The van der Waals surface area contributed by atoms with Crippen LogP contribution in [0.25, 0.3) is 10.2 Å². The van der Waals surface area contributed by atoms with Gasteiger partial charge >= 0.3 is 6.03 Å². The van der Waals surface area contributed by atoms with E-state index in [0.717, 1.165) is 32.8 Å². The maximum atomic E-state index is 13.9. The highest BCUT2D eigenvalue weighted by Gasteiger charge is 2.51. The second kappa shape index (κ2) is 11.3. The molecule has 0 radical (unpaired) electrons. The number of para-hydroxylation sites is 1. The molecule has 13 nitrogen and oxygen atoms in total. The molecule has 14 heteroatoms. The van der Waals surface area contributed by atoms with Gasteiger partial charge in [-0.3, -0.25) is 14.6 Å². The van der Waals surface area contributed by atoms with Crippen LogP contribution < -0.4 is 15.8 Å². The number of imidazole rings is 1. The molecule has 0 spiro atoms. The fraction of sp³-hybridized carbons (Fsp3) is 0.321. The third-order valence-electron chi connectivity index (χ3n) is 7.70. The number of hydrogen-bond acceptors (Lipinski definition) is 9. The molecule has 2 fully saturated rings. The predicted molar refractivity (Wildman–Crippen MR) is 156 cm³/mol. The maximum Gasteiger partial charge on any atom is 0.332 e. The number of nitrogens with zero attached hydrogens (tertiary/aromatic N) is 6. The summed E-state index contributed by atoms with van der Waals surface area (Å²) in [7, 11) is 3.23. The van der Waals surface area contributed by atoms with Gasteiger partial charge < -0.3 is 30.6 Å². The molecule has 0 saturated carbocycles. The normalized spacial score (nSPS) is 18.9. The third-order valence-corrected chi connectivity index (χ3v) is 8.55. The number of carbonyl (C=O) groups is 3. The molecular formula is C28H31N9O4S. The van der Waals surface area contributed by atoms with Crippen molar-refractivity contribution in [2.75, 3.05) is 33.0 Å². The number of rotatable bonds is 8. The molecule has 0 aliphatic carbocycles. The van der Waals surface area contributed by atoms with Crippen LogP contribution in [-0.2, 0) is 29.1 Å². The van der Waals surface area contributed by atoms with E-state index in [1.165, 1.54) is 16.3 Å². The van der Waals surface area contributed by atoms with Crippen molar-refractivity contribution in [1.82, 2.24) is 40.1 Å². The van der Waals surface area contributed by atoms with Crippen LogP contribution >= 0.6 is 11.3 Å². The Hall–Kier alpha value is -4.69. The molecule has 0 unspecified atom stereocenters. The first-order valence-corrected chi connectivity index (χ1v) is 14.3. The van der Waals surface area contributed by atoms with Crippen molar-refractivity contribution in [3.63, 3.8) is 0 Å². The van der Waals surface area contributed by atoms with Crippen LogP contribution in [0, 0.1) is 0 Å². The van der Waals surface area contributed by atoms with E-state index in [0.29, 0.717) is 18.2 Å². The summed E-state index contributed by atoms with van der Waals surface area (Å²) in [5, 5.41) is 6.51. The van der Waals surface area contributed by atoms with Crippen molar-refractivity contribution in [2.24, 2.45) is 0 Å². The standard InChI is InChI=1S/C28H31N9O4S/c1-34(28(40)31-11-17-6-8-20(41-2)9-7-17)36-15-24(38)37-21(10-19-12-30-16-32-19)26(39)35(14-23(36)37)13-18-4-3-5-22-25(18)33-27(29)42-22/h3-9,12,16,21,23H,10-11,13-15H2,1-2H3,(H2,29,33)(H,30,32)(H,31,40)/t21-,23+/m0/s1. The van der Waals surface area contributed by atoms with Gasteiger partial charge in [-0.25, -0.2) is 14.8 Å². The predicted octanol–water partition coefficient (Wildman–Crippen LogP) is 1.79. The number of fused-ring (bicyclic) bond motifs is 2. The number of nitrogens with one attached hydrogen (secondary N) is 2. The van der Waals surface area contributed by atoms with Crippen molar-refractivity contribution < 1.29 is 19.1 Å². The van der Waals surface area contributed by atoms with E-state index in [1.807, 2.05) is 42.5 Å². The van der Waals surface area contributed by atoms with Crippen LogP contribution in [0.1, 0.15) is 16.8 Å². The SMILES string of the molecule is COc1ccc(CNC(=O)N(C)N2CC(=O)N3[C@@H](Cc4cnc[nH]4)C(=O)N(Cc4cccc5sc(N)nc45)C[C@@H]32)cc1. The number of urea groups is 1. The van der Waals surface area contributed by atoms with Gasteiger partial charge in [-0.2, -0.15) is 5.01 Å². The fourth-order valence-electron chi connectivity index (χ4n) is 5.56. The molecule has 4 N–H and O–H groups in total. The summed E-state index contributed by atoms with van der Waals surface area (Å²) in [6.07, 6.45) is 2.92. The highest BCUT2D eigenvalue weighted by Crippen LogP contribution is 2.32. The highest BCUT2D eigenvalue weighted by molar-refractivity contribution is 7.22. The number of piperazine rings is 1. The molecule has 4 amide bonds. The van der Waals surface area contributed by atoms with Crippen molar-refractivity contribution in [3.05, 3.63) is 71.8 Å². The van der Waals surface area contributed by atoms with E-state index >= 15 is 0 Å². The zero-order chi connectivity index (χ0) is 29.4. The minimum atomic E-state index is -0.767. The number of nitrogen functional groups attached to an aromatic ring is 1. The van der Waals surface area contributed by atoms with Gasteiger partial charge in [-0.05, 0) is 29.3 Å². The average molecular weight is 590 g/mol. The maximum absolute atomic E-state index is 13.9. The Labute approximate surface area is 245 Å². The van der Waals surface area contributed by atoms with Gasteiger partial charge in [0, 0.05) is 38.4 Å². The first-order chi connectivity index (χ1) is 20.3. The first kappa shape index (κ1) is 27.5. The van der Waals surface area contributed by atoms with Gasteiger partial charge in [0.15, 0.2) is 5.13 Å². The lowest BCUT2D eigenvalue weighted by Gasteiger charge is -2.45. The molecule has 2 saturated heterocycles. The smallest absolute Gasteiger partial charge is 0.332 e. The topological polar surface area (TPSA) is 153 Å². The Morgan fingerprint density at radius 3 is 2.79 bits per heavy atom. The average Bonchev–Trinajstić information content (AvgIpc) is 3.72. The summed E-state index contributed by atoms with van der Waals surface area (Å²) in [6.45, 7) is 0.780. The van der Waals surface area contributed by atoms with E-state index in [9.17, 15) is 14.4 Å². The minimum Gasteiger partial charge on any atom is -0.497 e. The number of aromatic nitrogens is 3. The molecule has 0 bridgehead atoms. The number of methoxy groups -OCH3 is 1. The van der Waals surface area contributed by atoms with E-state index in [2.05, 4.69) is 20.3 Å². The number of hydrogen-bond donors (Lipinski definition) is 3. The lowest BCUT2D eigenvalue weighted by molar-refractivity contribution is -0.157. The Morgan fingerprint density at radius 2 is 2.05 bits per heavy atom. The Kier molecular flexibility index (Phi) is 7.39. The number of nitrogens with two attached hydrogens (primary N) is 1. The molecular weight excluding hydrogens is 558 g/mol. The monoisotopic (exact) mass is 589 g/mol. The van der Waals surface area contributed by atoms with Gasteiger partial charge in [0.25, 0.3) is 0 Å². The number of carbonyl (C=O) groups excluding carboxylic acids is 3. The number of benzene rings is 2. The zero-order valence-electron chi connectivity index (χ0n) is 23.2.